The van der Waals surface area contributed by atoms with Crippen LogP contribution in [0.4, 0.5) is 13.2 Å². The van der Waals surface area contributed by atoms with E-state index in [4.69, 9.17) is 4.74 Å². The van der Waals surface area contributed by atoms with E-state index in [0.717, 1.165) is 23.8 Å². The molecule has 0 spiro atoms. The molecule has 1 N–H and O–H groups in total. The molecule has 0 aliphatic heterocycles. The van der Waals surface area contributed by atoms with E-state index in [1.807, 2.05) is 0 Å². The van der Waals surface area contributed by atoms with Gasteiger partial charge in [0.25, 0.3) is 0 Å². The molecule has 23 heavy (non-hydrogen) atoms. The summed E-state index contributed by atoms with van der Waals surface area (Å²) in [5, 5.41) is 9.23. The van der Waals surface area contributed by atoms with Gasteiger partial charge in [-0.25, -0.2) is 4.79 Å². The number of allylic oxidation sites excluding steroid dienone is 4. The van der Waals surface area contributed by atoms with Gasteiger partial charge in [0.15, 0.2) is 0 Å². The Morgan fingerprint density at radius 3 is 2.48 bits per heavy atom. The summed E-state index contributed by atoms with van der Waals surface area (Å²) in [6, 6.07) is 4.11. The number of carbonyl (C=O) groups is 1. The van der Waals surface area contributed by atoms with Gasteiger partial charge in [-0.15, -0.1) is 0 Å². The number of carboxylic acids is 1. The molecular weight excluding hydrogens is 309 g/mol. The summed E-state index contributed by atoms with van der Waals surface area (Å²) in [4.78, 5) is 11.3. The first-order valence-corrected chi connectivity index (χ1v) is 6.69. The highest BCUT2D eigenvalue weighted by molar-refractivity contribution is 5.76. The minimum absolute atomic E-state index is 0.163. The first-order chi connectivity index (χ1) is 10.6. The van der Waals surface area contributed by atoms with Gasteiger partial charge in [0.2, 0.25) is 6.10 Å². The number of alkyl halides is 3. The van der Waals surface area contributed by atoms with Crippen LogP contribution in [0.2, 0.25) is 0 Å². The molecule has 1 unspecified atom stereocenters. The number of carboxylic acid groups (broad SMARTS) is 1. The van der Waals surface area contributed by atoms with Gasteiger partial charge in [0.05, 0.1) is 5.56 Å². The minimum atomic E-state index is -4.52. The minimum Gasteiger partial charge on any atom is -0.478 e. The van der Waals surface area contributed by atoms with Gasteiger partial charge in [0, 0.05) is 0 Å². The van der Waals surface area contributed by atoms with Crippen LogP contribution in [-0.2, 0) is 11.0 Å². The fraction of sp³-hybridized carbons (Fsp3) is 0.235. The highest BCUT2D eigenvalue weighted by atomic mass is 19.4. The van der Waals surface area contributed by atoms with Gasteiger partial charge in [0.1, 0.15) is 5.75 Å². The highest BCUT2D eigenvalue weighted by Crippen LogP contribution is 2.31. The number of hydrogen-bond donors (Lipinski definition) is 1. The van der Waals surface area contributed by atoms with E-state index in [-0.39, 0.29) is 5.75 Å². The molecule has 0 saturated carbocycles. The molecule has 1 atom stereocenters. The van der Waals surface area contributed by atoms with Crippen LogP contribution in [-0.4, -0.2) is 17.2 Å². The first-order valence-electron chi connectivity index (χ1n) is 6.69. The maximum absolute atomic E-state index is 12.7. The summed E-state index contributed by atoms with van der Waals surface area (Å²) >= 11 is 0. The molecule has 0 fully saturated rings. The molecule has 0 saturated heterocycles. The zero-order valence-corrected chi connectivity index (χ0v) is 12.7. The Balaban J connectivity index is 3.06. The van der Waals surface area contributed by atoms with Gasteiger partial charge < -0.3 is 9.84 Å². The standard InChI is InChI=1S/C17H17F3O3/c1-4-11(2)8-9-12(3)15(16(21)22)23-14-7-5-6-13(10-14)17(18,19)20/h4-10,15H,1H2,2-3H3,(H,21,22)/b11-8-,12-9+. The monoisotopic (exact) mass is 326 g/mol. The molecule has 0 radical (unpaired) electrons. The molecule has 0 aliphatic rings. The SMILES string of the molecule is C=C/C(C)=C\C=C(/C)C(Oc1cccc(C(F)(F)F)c1)C(=O)O. The summed E-state index contributed by atoms with van der Waals surface area (Å²) in [6.45, 7) is 6.87. The van der Waals surface area contributed by atoms with E-state index in [0.29, 0.717) is 5.57 Å². The van der Waals surface area contributed by atoms with Crippen LogP contribution in [0.3, 0.4) is 0 Å². The maximum Gasteiger partial charge on any atom is 0.416 e. The van der Waals surface area contributed by atoms with Crippen molar-refractivity contribution in [1.29, 1.82) is 0 Å². The van der Waals surface area contributed by atoms with Gasteiger partial charge in [-0.1, -0.05) is 36.4 Å². The molecule has 0 aliphatic carbocycles. The van der Waals surface area contributed by atoms with Crippen molar-refractivity contribution >= 4 is 5.97 Å². The smallest absolute Gasteiger partial charge is 0.416 e. The zero-order valence-electron chi connectivity index (χ0n) is 12.7. The molecule has 1 aromatic carbocycles. The Morgan fingerprint density at radius 1 is 1.30 bits per heavy atom. The summed E-state index contributed by atoms with van der Waals surface area (Å²) in [6.07, 6.45) is -1.13. The second kappa shape index (κ2) is 7.67. The molecule has 6 heteroatoms. The highest BCUT2D eigenvalue weighted by Gasteiger charge is 2.31. The van der Waals surface area contributed by atoms with Crippen molar-refractivity contribution in [3.63, 3.8) is 0 Å². The molecule has 0 aromatic heterocycles. The van der Waals surface area contributed by atoms with Gasteiger partial charge in [-0.2, -0.15) is 13.2 Å². The van der Waals surface area contributed by atoms with Crippen LogP contribution in [0.1, 0.15) is 19.4 Å². The van der Waals surface area contributed by atoms with Crippen LogP contribution in [0, 0.1) is 0 Å². The van der Waals surface area contributed by atoms with Crippen LogP contribution in [0.5, 0.6) is 5.75 Å². The van der Waals surface area contributed by atoms with Gasteiger partial charge >= 0.3 is 12.1 Å². The van der Waals surface area contributed by atoms with Crippen molar-refractivity contribution in [2.45, 2.75) is 26.1 Å². The third kappa shape index (κ3) is 5.65. The Morgan fingerprint density at radius 2 is 1.96 bits per heavy atom. The number of ether oxygens (including phenoxy) is 1. The van der Waals surface area contributed by atoms with E-state index in [1.165, 1.54) is 19.1 Å². The van der Waals surface area contributed by atoms with Crippen molar-refractivity contribution < 1.29 is 27.8 Å². The van der Waals surface area contributed by atoms with E-state index >= 15 is 0 Å². The second-order valence-electron chi connectivity index (χ2n) is 4.89. The number of rotatable bonds is 6. The number of halogens is 3. The van der Waals surface area contributed by atoms with E-state index in [1.54, 1.807) is 19.1 Å². The number of hydrogen-bond acceptors (Lipinski definition) is 2. The third-order valence-corrected chi connectivity index (χ3v) is 2.98. The Bertz CT molecular complexity index is 643. The summed E-state index contributed by atoms with van der Waals surface area (Å²) in [5.74, 6) is -1.45. The molecule has 1 rings (SSSR count). The third-order valence-electron chi connectivity index (χ3n) is 2.98. The van der Waals surface area contributed by atoms with Crippen LogP contribution in [0.15, 0.2) is 60.2 Å². The van der Waals surface area contributed by atoms with Crippen molar-refractivity contribution in [1.82, 2.24) is 0 Å². The number of aliphatic carboxylic acids is 1. The molecule has 124 valence electrons. The molecule has 0 amide bonds. The predicted molar refractivity (Wildman–Crippen MR) is 81.2 cm³/mol. The zero-order chi connectivity index (χ0) is 17.6. The lowest BCUT2D eigenvalue weighted by Gasteiger charge is -2.17. The van der Waals surface area contributed by atoms with E-state index in [9.17, 15) is 23.1 Å². The summed E-state index contributed by atoms with van der Waals surface area (Å²) in [5.41, 5.74) is 0.256. The van der Waals surface area contributed by atoms with Gasteiger partial charge in [-0.05, 0) is 37.6 Å². The van der Waals surface area contributed by atoms with Crippen molar-refractivity contribution in [3.05, 3.63) is 65.8 Å². The second-order valence-corrected chi connectivity index (χ2v) is 4.89. The summed E-state index contributed by atoms with van der Waals surface area (Å²) < 4.78 is 43.2. The normalized spacial score (nSPS) is 14.3. The largest absolute Gasteiger partial charge is 0.478 e. The van der Waals surface area contributed by atoms with Crippen molar-refractivity contribution in [3.8, 4) is 5.75 Å². The summed E-state index contributed by atoms with van der Waals surface area (Å²) in [7, 11) is 0. The predicted octanol–water partition coefficient (Wildman–Crippen LogP) is 4.62. The molecule has 0 heterocycles. The molecule has 3 nitrogen and oxygen atoms in total. The quantitative estimate of drug-likeness (QED) is 0.776. The first kappa shape index (κ1) is 18.5. The Labute approximate surface area is 132 Å². The molecule has 1 aromatic rings. The Hall–Kier alpha value is -2.50. The lowest BCUT2D eigenvalue weighted by molar-refractivity contribution is -0.143. The topological polar surface area (TPSA) is 46.5 Å². The van der Waals surface area contributed by atoms with Crippen LogP contribution < -0.4 is 4.74 Å². The lowest BCUT2D eigenvalue weighted by atomic mass is 10.1. The number of benzene rings is 1. The fourth-order valence-electron chi connectivity index (χ4n) is 1.64. The van der Waals surface area contributed by atoms with E-state index < -0.39 is 23.8 Å². The lowest BCUT2D eigenvalue weighted by Crippen LogP contribution is -2.28. The van der Waals surface area contributed by atoms with Gasteiger partial charge in [-0.3, -0.25) is 0 Å². The van der Waals surface area contributed by atoms with Crippen LogP contribution in [0.25, 0.3) is 0 Å². The molecule has 0 bridgehead atoms. The fourth-order valence-corrected chi connectivity index (χ4v) is 1.64. The van der Waals surface area contributed by atoms with Crippen LogP contribution >= 0.6 is 0 Å². The van der Waals surface area contributed by atoms with E-state index in [2.05, 4.69) is 6.58 Å². The average Bonchev–Trinajstić information content (AvgIpc) is 2.49. The average molecular weight is 326 g/mol. The van der Waals surface area contributed by atoms with Crippen molar-refractivity contribution in [2.75, 3.05) is 0 Å². The Kier molecular flexibility index (Phi) is 6.18. The molecular formula is C17H17F3O3. The maximum atomic E-state index is 12.7. The van der Waals surface area contributed by atoms with Crippen molar-refractivity contribution in [2.24, 2.45) is 0 Å².